The maximum Gasteiger partial charge on any atom is 0.119 e. The zero-order chi connectivity index (χ0) is 12.1. The van der Waals surface area contributed by atoms with Crippen LogP contribution in [0.1, 0.15) is 26.2 Å². The van der Waals surface area contributed by atoms with Crippen LogP contribution in [0.5, 0.6) is 5.75 Å². The summed E-state index contributed by atoms with van der Waals surface area (Å²) in [6, 6.07) is 8.80. The van der Waals surface area contributed by atoms with E-state index in [1.807, 2.05) is 24.3 Å². The molecule has 0 aliphatic carbocycles. The van der Waals surface area contributed by atoms with E-state index in [-0.39, 0.29) is 0 Å². The summed E-state index contributed by atoms with van der Waals surface area (Å²) >= 11 is 3.42. The largest absolute Gasteiger partial charge is 0.494 e. The molecule has 1 aliphatic rings. The molecule has 2 nitrogen and oxygen atoms in total. The third kappa shape index (κ3) is 4.00. The van der Waals surface area contributed by atoms with Crippen molar-refractivity contribution in [2.75, 3.05) is 19.7 Å². The molecule has 0 unspecified atom stereocenters. The molecular weight excluding hydrogens is 278 g/mol. The van der Waals surface area contributed by atoms with Crippen LogP contribution in [0, 0.1) is 0 Å². The fourth-order valence-corrected chi connectivity index (χ4v) is 2.58. The van der Waals surface area contributed by atoms with Gasteiger partial charge in [-0.25, -0.2) is 0 Å². The Balaban J connectivity index is 1.64. The number of hydrogen-bond acceptors (Lipinski definition) is 2. The van der Waals surface area contributed by atoms with Crippen LogP contribution in [-0.4, -0.2) is 30.6 Å². The van der Waals surface area contributed by atoms with E-state index >= 15 is 0 Å². The second kappa shape index (κ2) is 6.41. The van der Waals surface area contributed by atoms with Crippen molar-refractivity contribution in [2.24, 2.45) is 0 Å². The van der Waals surface area contributed by atoms with Gasteiger partial charge >= 0.3 is 0 Å². The molecule has 1 fully saturated rings. The summed E-state index contributed by atoms with van der Waals surface area (Å²) in [7, 11) is 0. The Kier molecular flexibility index (Phi) is 4.86. The highest BCUT2D eigenvalue weighted by Crippen LogP contribution is 2.18. The predicted molar refractivity (Wildman–Crippen MR) is 74.5 cm³/mol. The monoisotopic (exact) mass is 297 g/mol. The first-order valence-corrected chi connectivity index (χ1v) is 7.17. The van der Waals surface area contributed by atoms with E-state index in [2.05, 4.69) is 27.8 Å². The Morgan fingerprint density at radius 3 is 2.76 bits per heavy atom. The zero-order valence-electron chi connectivity index (χ0n) is 10.4. The minimum Gasteiger partial charge on any atom is -0.494 e. The Labute approximate surface area is 112 Å². The summed E-state index contributed by atoms with van der Waals surface area (Å²) in [6.07, 6.45) is 3.82. The lowest BCUT2D eigenvalue weighted by Crippen LogP contribution is -2.28. The van der Waals surface area contributed by atoms with Gasteiger partial charge < -0.3 is 9.64 Å². The van der Waals surface area contributed by atoms with Crippen LogP contribution >= 0.6 is 15.9 Å². The van der Waals surface area contributed by atoms with Crippen LogP contribution in [0.2, 0.25) is 0 Å². The van der Waals surface area contributed by atoms with E-state index in [0.717, 1.165) is 35.8 Å². The molecule has 0 radical (unpaired) electrons. The second-order valence-electron chi connectivity index (χ2n) is 4.68. The van der Waals surface area contributed by atoms with Gasteiger partial charge in [0.2, 0.25) is 0 Å². The minimum atomic E-state index is 0.766. The average molecular weight is 298 g/mol. The van der Waals surface area contributed by atoms with Gasteiger partial charge in [0.1, 0.15) is 5.75 Å². The Morgan fingerprint density at radius 2 is 2.12 bits per heavy atom. The Bertz CT molecular complexity index is 339. The van der Waals surface area contributed by atoms with Gasteiger partial charge in [-0.1, -0.05) is 15.9 Å². The molecule has 1 aromatic rings. The lowest BCUT2D eigenvalue weighted by Gasteiger charge is -2.20. The summed E-state index contributed by atoms with van der Waals surface area (Å²) in [5.74, 6) is 0.961. The van der Waals surface area contributed by atoms with Crippen molar-refractivity contribution >= 4 is 15.9 Å². The molecule has 0 saturated carbocycles. The standard InChI is InChI=1S/C14H20BrNO/c1-12-4-2-9-16(12)10-3-11-17-14-7-5-13(15)6-8-14/h5-8,12H,2-4,9-11H2,1H3/t12-/m1/s1. The molecule has 0 aromatic heterocycles. The van der Waals surface area contributed by atoms with Crippen LogP contribution in [0.15, 0.2) is 28.7 Å². The van der Waals surface area contributed by atoms with Gasteiger partial charge in [0.15, 0.2) is 0 Å². The van der Waals surface area contributed by atoms with Crippen LogP contribution in [0.25, 0.3) is 0 Å². The third-order valence-corrected chi connectivity index (χ3v) is 3.89. The third-order valence-electron chi connectivity index (χ3n) is 3.36. The molecule has 17 heavy (non-hydrogen) atoms. The molecule has 0 N–H and O–H groups in total. The molecule has 0 spiro atoms. The van der Waals surface area contributed by atoms with Gasteiger partial charge in [0.05, 0.1) is 6.61 Å². The highest BCUT2D eigenvalue weighted by molar-refractivity contribution is 9.10. The SMILES string of the molecule is C[C@@H]1CCCN1CCCOc1ccc(Br)cc1. The highest BCUT2D eigenvalue weighted by Gasteiger charge is 2.18. The van der Waals surface area contributed by atoms with Crippen molar-refractivity contribution in [3.05, 3.63) is 28.7 Å². The summed E-state index contributed by atoms with van der Waals surface area (Å²) in [5, 5.41) is 0. The number of ether oxygens (including phenoxy) is 1. The maximum atomic E-state index is 5.71. The number of hydrogen-bond donors (Lipinski definition) is 0. The van der Waals surface area contributed by atoms with Crippen molar-refractivity contribution < 1.29 is 4.74 Å². The highest BCUT2D eigenvalue weighted by atomic mass is 79.9. The van der Waals surface area contributed by atoms with E-state index in [1.54, 1.807) is 0 Å². The maximum absolute atomic E-state index is 5.71. The molecule has 0 bridgehead atoms. The van der Waals surface area contributed by atoms with Crippen LogP contribution < -0.4 is 4.74 Å². The van der Waals surface area contributed by atoms with E-state index in [4.69, 9.17) is 4.74 Å². The summed E-state index contributed by atoms with van der Waals surface area (Å²) in [5.41, 5.74) is 0. The minimum absolute atomic E-state index is 0.766. The smallest absolute Gasteiger partial charge is 0.119 e. The number of likely N-dealkylation sites (tertiary alicyclic amines) is 1. The average Bonchev–Trinajstić information content (AvgIpc) is 2.73. The van der Waals surface area contributed by atoms with E-state index in [0.29, 0.717) is 0 Å². The first-order chi connectivity index (χ1) is 8.25. The van der Waals surface area contributed by atoms with Crippen molar-refractivity contribution in [2.45, 2.75) is 32.2 Å². The molecule has 1 heterocycles. The number of benzene rings is 1. The quantitative estimate of drug-likeness (QED) is 0.769. The van der Waals surface area contributed by atoms with Crippen molar-refractivity contribution in [3.8, 4) is 5.75 Å². The first kappa shape index (κ1) is 12.9. The van der Waals surface area contributed by atoms with Crippen LogP contribution in [-0.2, 0) is 0 Å². The normalized spacial score (nSPS) is 20.7. The summed E-state index contributed by atoms with van der Waals surface area (Å²) < 4.78 is 6.80. The molecule has 0 amide bonds. The fraction of sp³-hybridized carbons (Fsp3) is 0.571. The molecule has 1 saturated heterocycles. The van der Waals surface area contributed by atoms with Gasteiger partial charge in [0, 0.05) is 17.1 Å². The lowest BCUT2D eigenvalue weighted by molar-refractivity contribution is 0.230. The van der Waals surface area contributed by atoms with E-state index in [9.17, 15) is 0 Å². The van der Waals surface area contributed by atoms with Gasteiger partial charge in [-0.3, -0.25) is 0 Å². The molecule has 1 atom stereocenters. The van der Waals surface area contributed by atoms with Crippen molar-refractivity contribution in [3.63, 3.8) is 0 Å². The fourth-order valence-electron chi connectivity index (χ4n) is 2.31. The Morgan fingerprint density at radius 1 is 1.35 bits per heavy atom. The lowest BCUT2D eigenvalue weighted by atomic mass is 10.2. The van der Waals surface area contributed by atoms with Gasteiger partial charge in [-0.2, -0.15) is 0 Å². The Hall–Kier alpha value is -0.540. The van der Waals surface area contributed by atoms with Crippen molar-refractivity contribution in [1.29, 1.82) is 0 Å². The van der Waals surface area contributed by atoms with Crippen LogP contribution in [0.3, 0.4) is 0 Å². The molecule has 2 rings (SSSR count). The molecule has 1 aromatic carbocycles. The van der Waals surface area contributed by atoms with Gasteiger partial charge in [0.25, 0.3) is 0 Å². The van der Waals surface area contributed by atoms with E-state index < -0.39 is 0 Å². The topological polar surface area (TPSA) is 12.5 Å². The summed E-state index contributed by atoms with van der Waals surface area (Å²) in [6.45, 7) is 5.56. The molecule has 1 aliphatic heterocycles. The molecule has 3 heteroatoms. The van der Waals surface area contributed by atoms with Gasteiger partial charge in [-0.15, -0.1) is 0 Å². The van der Waals surface area contributed by atoms with Gasteiger partial charge in [-0.05, 0) is 57.0 Å². The van der Waals surface area contributed by atoms with E-state index in [1.165, 1.54) is 19.4 Å². The molecular formula is C14H20BrNO. The van der Waals surface area contributed by atoms with Crippen LogP contribution in [0.4, 0.5) is 0 Å². The number of halogens is 1. The number of nitrogens with zero attached hydrogens (tertiary/aromatic N) is 1. The molecule has 94 valence electrons. The zero-order valence-corrected chi connectivity index (χ0v) is 11.9. The number of rotatable bonds is 5. The van der Waals surface area contributed by atoms with Crippen molar-refractivity contribution in [1.82, 2.24) is 4.90 Å². The predicted octanol–water partition coefficient (Wildman–Crippen LogP) is 3.70. The first-order valence-electron chi connectivity index (χ1n) is 6.38. The second-order valence-corrected chi connectivity index (χ2v) is 5.60. The summed E-state index contributed by atoms with van der Waals surface area (Å²) in [4.78, 5) is 2.56.